The van der Waals surface area contributed by atoms with Crippen LogP contribution in [0.4, 0.5) is 24.7 Å². The number of amides is 1. The van der Waals surface area contributed by atoms with E-state index in [4.69, 9.17) is 11.6 Å². The minimum atomic E-state index is -4.48. The molecule has 27 heavy (non-hydrogen) atoms. The lowest BCUT2D eigenvalue weighted by Gasteiger charge is -2.32. The van der Waals surface area contributed by atoms with Crippen LogP contribution in [0.15, 0.2) is 42.6 Å². The first-order chi connectivity index (χ1) is 12.8. The quantitative estimate of drug-likeness (QED) is 0.761. The van der Waals surface area contributed by atoms with Crippen molar-refractivity contribution in [3.05, 3.63) is 53.2 Å². The Labute approximate surface area is 159 Å². The third-order valence-electron chi connectivity index (χ3n) is 4.42. The van der Waals surface area contributed by atoms with E-state index >= 15 is 0 Å². The van der Waals surface area contributed by atoms with Gasteiger partial charge in [-0.25, -0.2) is 4.98 Å². The van der Waals surface area contributed by atoms with E-state index in [0.29, 0.717) is 31.7 Å². The van der Waals surface area contributed by atoms with Crippen molar-refractivity contribution in [2.75, 3.05) is 23.4 Å². The molecule has 1 aliphatic rings. The van der Waals surface area contributed by atoms with Crippen molar-refractivity contribution in [2.24, 2.45) is 5.92 Å². The monoisotopic (exact) mass is 398 g/mol. The van der Waals surface area contributed by atoms with Crippen molar-refractivity contribution in [3.63, 3.8) is 0 Å². The number of rotatable bonds is 4. The first kappa shape index (κ1) is 19.3. The number of hydrogen-bond donors (Lipinski definition) is 2. The predicted molar refractivity (Wildman–Crippen MR) is 97.4 cm³/mol. The van der Waals surface area contributed by atoms with Crippen molar-refractivity contribution in [1.82, 2.24) is 10.4 Å². The summed E-state index contributed by atoms with van der Waals surface area (Å²) in [7, 11) is 0. The fraction of sp³-hybridized carbons (Fsp3) is 0.333. The van der Waals surface area contributed by atoms with Gasteiger partial charge in [-0.15, -0.1) is 0 Å². The van der Waals surface area contributed by atoms with Gasteiger partial charge in [0.1, 0.15) is 5.82 Å². The Hall–Kier alpha value is -2.48. The molecule has 0 aliphatic carbocycles. The third-order valence-corrected chi connectivity index (χ3v) is 4.70. The average molecular weight is 399 g/mol. The van der Waals surface area contributed by atoms with E-state index < -0.39 is 11.7 Å². The maximum absolute atomic E-state index is 12.7. The number of hydrazine groups is 1. The van der Waals surface area contributed by atoms with Gasteiger partial charge in [-0.1, -0.05) is 29.8 Å². The highest BCUT2D eigenvalue weighted by Crippen LogP contribution is 2.34. The lowest BCUT2D eigenvalue weighted by Crippen LogP contribution is -2.42. The van der Waals surface area contributed by atoms with Gasteiger partial charge in [-0.2, -0.15) is 13.2 Å². The van der Waals surface area contributed by atoms with Crippen LogP contribution >= 0.6 is 11.6 Å². The van der Waals surface area contributed by atoms with Crippen LogP contribution in [0.3, 0.4) is 0 Å². The number of piperidine rings is 1. The Bertz CT molecular complexity index is 793. The Balaban J connectivity index is 1.55. The number of benzene rings is 1. The largest absolute Gasteiger partial charge is 0.417 e. The minimum absolute atomic E-state index is 0.0431. The number of aromatic nitrogens is 1. The number of carbonyl (C=O) groups excluding carboxylic acids is 1. The maximum atomic E-state index is 12.7. The third kappa shape index (κ3) is 4.82. The van der Waals surface area contributed by atoms with E-state index in [1.807, 2.05) is 30.3 Å². The van der Waals surface area contributed by atoms with Crippen LogP contribution in [0.2, 0.25) is 5.02 Å². The molecule has 2 heterocycles. The molecular formula is C18H18ClF3N4O. The summed E-state index contributed by atoms with van der Waals surface area (Å²) in [6.45, 7) is 0.975. The zero-order chi connectivity index (χ0) is 19.4. The van der Waals surface area contributed by atoms with E-state index in [2.05, 4.69) is 15.8 Å². The molecule has 0 unspecified atom stereocenters. The van der Waals surface area contributed by atoms with Gasteiger partial charge in [0.2, 0.25) is 5.91 Å². The second kappa shape index (κ2) is 8.04. The SMILES string of the molecule is O=C(NNc1ccccc1)C1CCN(c2ncc(C(F)(F)F)cc2Cl)CC1. The first-order valence-corrected chi connectivity index (χ1v) is 8.81. The molecule has 0 spiro atoms. The summed E-state index contributed by atoms with van der Waals surface area (Å²) in [5.41, 5.74) is 5.45. The summed E-state index contributed by atoms with van der Waals surface area (Å²) in [6.07, 6.45) is -2.58. The van der Waals surface area contributed by atoms with Crippen LogP contribution in [0, 0.1) is 5.92 Å². The zero-order valence-corrected chi connectivity index (χ0v) is 15.0. The van der Waals surface area contributed by atoms with Gasteiger partial charge in [0, 0.05) is 25.2 Å². The molecule has 3 rings (SSSR count). The van der Waals surface area contributed by atoms with Gasteiger partial charge < -0.3 is 4.90 Å². The molecule has 2 N–H and O–H groups in total. The number of carbonyl (C=O) groups is 1. The van der Waals surface area contributed by atoms with Crippen molar-refractivity contribution >= 4 is 29.0 Å². The van der Waals surface area contributed by atoms with Crippen molar-refractivity contribution in [2.45, 2.75) is 19.0 Å². The molecule has 1 aliphatic heterocycles. The zero-order valence-electron chi connectivity index (χ0n) is 14.3. The molecule has 2 aromatic rings. The smallest absolute Gasteiger partial charge is 0.355 e. The summed E-state index contributed by atoms with van der Waals surface area (Å²) in [5.74, 6) is 0.00148. The topological polar surface area (TPSA) is 57.3 Å². The van der Waals surface area contributed by atoms with Crippen LogP contribution < -0.4 is 15.8 Å². The van der Waals surface area contributed by atoms with Gasteiger partial charge in [0.05, 0.1) is 16.3 Å². The molecule has 0 saturated carbocycles. The van der Waals surface area contributed by atoms with Gasteiger partial charge in [0.15, 0.2) is 0 Å². The summed E-state index contributed by atoms with van der Waals surface area (Å²) in [6, 6.07) is 10.1. The van der Waals surface area contributed by atoms with E-state index in [1.165, 1.54) is 0 Å². The molecule has 0 radical (unpaired) electrons. The fourth-order valence-corrected chi connectivity index (χ4v) is 3.22. The van der Waals surface area contributed by atoms with Crippen molar-refractivity contribution in [3.8, 4) is 0 Å². The summed E-state index contributed by atoms with van der Waals surface area (Å²) < 4.78 is 38.1. The highest BCUT2D eigenvalue weighted by atomic mass is 35.5. The predicted octanol–water partition coefficient (Wildman–Crippen LogP) is 4.11. The number of nitrogens with one attached hydrogen (secondary N) is 2. The Kier molecular flexibility index (Phi) is 5.74. The molecular weight excluding hydrogens is 381 g/mol. The standard InChI is InChI=1S/C18H18ClF3N4O/c19-15-10-13(18(20,21)22)11-23-16(15)26-8-6-12(7-9-26)17(27)25-24-14-4-2-1-3-5-14/h1-5,10-12,24H,6-9H2,(H,25,27). The first-order valence-electron chi connectivity index (χ1n) is 8.43. The molecule has 1 saturated heterocycles. The normalized spacial score (nSPS) is 15.5. The van der Waals surface area contributed by atoms with Crippen LogP contribution in [0.5, 0.6) is 0 Å². The number of para-hydroxylation sites is 1. The molecule has 1 aromatic carbocycles. The number of anilines is 2. The Morgan fingerprint density at radius 2 is 1.85 bits per heavy atom. The lowest BCUT2D eigenvalue weighted by atomic mass is 9.96. The van der Waals surface area contributed by atoms with Crippen molar-refractivity contribution < 1.29 is 18.0 Å². The van der Waals surface area contributed by atoms with E-state index in [1.54, 1.807) is 4.90 Å². The van der Waals surface area contributed by atoms with E-state index in [0.717, 1.165) is 18.0 Å². The van der Waals surface area contributed by atoms with Gasteiger partial charge >= 0.3 is 6.18 Å². The average Bonchev–Trinajstić information content (AvgIpc) is 2.66. The molecule has 1 aromatic heterocycles. The lowest BCUT2D eigenvalue weighted by molar-refractivity contribution is -0.137. The van der Waals surface area contributed by atoms with Crippen LogP contribution in [-0.4, -0.2) is 24.0 Å². The molecule has 1 fully saturated rings. The Morgan fingerprint density at radius 1 is 1.19 bits per heavy atom. The number of nitrogens with zero attached hydrogens (tertiary/aromatic N) is 2. The molecule has 9 heteroatoms. The number of halogens is 4. The second-order valence-electron chi connectivity index (χ2n) is 6.27. The van der Waals surface area contributed by atoms with E-state index in [-0.39, 0.29) is 16.8 Å². The molecule has 1 amide bonds. The fourth-order valence-electron chi connectivity index (χ4n) is 2.93. The summed E-state index contributed by atoms with van der Waals surface area (Å²) >= 11 is 5.99. The highest BCUT2D eigenvalue weighted by molar-refractivity contribution is 6.33. The maximum Gasteiger partial charge on any atom is 0.417 e. The summed E-state index contributed by atoms with van der Waals surface area (Å²) in [5, 5.41) is -0.0431. The number of pyridine rings is 1. The van der Waals surface area contributed by atoms with Crippen molar-refractivity contribution in [1.29, 1.82) is 0 Å². The number of alkyl halides is 3. The second-order valence-corrected chi connectivity index (χ2v) is 6.68. The summed E-state index contributed by atoms with van der Waals surface area (Å²) in [4.78, 5) is 18.0. The van der Waals surface area contributed by atoms with Crippen LogP contribution in [-0.2, 0) is 11.0 Å². The highest BCUT2D eigenvalue weighted by Gasteiger charge is 2.33. The van der Waals surface area contributed by atoms with Gasteiger partial charge in [-0.05, 0) is 31.0 Å². The van der Waals surface area contributed by atoms with Gasteiger partial charge in [-0.3, -0.25) is 15.6 Å². The Morgan fingerprint density at radius 3 is 2.44 bits per heavy atom. The van der Waals surface area contributed by atoms with Crippen LogP contribution in [0.25, 0.3) is 0 Å². The molecule has 144 valence electrons. The minimum Gasteiger partial charge on any atom is -0.355 e. The van der Waals surface area contributed by atoms with Gasteiger partial charge in [0.25, 0.3) is 0 Å². The molecule has 0 bridgehead atoms. The number of hydrogen-bond acceptors (Lipinski definition) is 4. The van der Waals surface area contributed by atoms with Crippen LogP contribution in [0.1, 0.15) is 18.4 Å². The molecule has 5 nitrogen and oxygen atoms in total. The molecule has 0 atom stereocenters. The van der Waals surface area contributed by atoms with E-state index in [9.17, 15) is 18.0 Å².